The Morgan fingerprint density at radius 3 is 2.62 bits per heavy atom. The van der Waals surface area contributed by atoms with Gasteiger partial charge in [0.15, 0.2) is 0 Å². The molecule has 0 aromatic heterocycles. The third kappa shape index (κ3) is 6.13. The average molecular weight is 186 g/mol. The zero-order chi connectivity index (χ0) is 10.1. The summed E-state index contributed by atoms with van der Waals surface area (Å²) in [4.78, 5) is 22.6. The minimum atomic E-state index is -0.234. The van der Waals surface area contributed by atoms with Gasteiger partial charge in [-0.25, -0.2) is 0 Å². The number of ether oxygens (including phenoxy) is 1. The van der Waals surface area contributed by atoms with Crippen molar-refractivity contribution in [3.05, 3.63) is 0 Å². The Morgan fingerprint density at radius 1 is 1.46 bits per heavy atom. The van der Waals surface area contributed by atoms with Crippen LogP contribution in [0.4, 0.5) is 0 Å². The van der Waals surface area contributed by atoms with E-state index in [-0.39, 0.29) is 5.97 Å². The lowest BCUT2D eigenvalue weighted by Gasteiger charge is -2.13. The number of esters is 1. The van der Waals surface area contributed by atoms with Crippen molar-refractivity contribution < 1.29 is 14.3 Å². The SMILES string of the molecule is CCCN([C]=O)CCCC(=O)OC. The summed E-state index contributed by atoms with van der Waals surface area (Å²) in [7, 11) is 1.36. The quantitative estimate of drug-likeness (QED) is 0.434. The van der Waals surface area contributed by atoms with E-state index in [1.807, 2.05) is 13.3 Å². The Balaban J connectivity index is 3.48. The topological polar surface area (TPSA) is 46.6 Å². The molecule has 0 fully saturated rings. The van der Waals surface area contributed by atoms with Crippen molar-refractivity contribution >= 4 is 12.4 Å². The maximum absolute atomic E-state index is 10.7. The third-order valence-corrected chi connectivity index (χ3v) is 1.66. The summed E-state index contributed by atoms with van der Waals surface area (Å²) in [6.07, 6.45) is 3.74. The number of methoxy groups -OCH3 is 1. The molecule has 0 aliphatic carbocycles. The lowest BCUT2D eigenvalue weighted by Crippen LogP contribution is -2.24. The Labute approximate surface area is 78.9 Å². The average Bonchev–Trinajstić information content (AvgIpc) is 2.16. The van der Waals surface area contributed by atoms with Crippen LogP contribution in [0.2, 0.25) is 0 Å². The lowest BCUT2D eigenvalue weighted by molar-refractivity contribution is -0.140. The predicted octanol–water partition coefficient (Wildman–Crippen LogP) is 0.719. The Kier molecular flexibility index (Phi) is 6.96. The number of carbonyl (C=O) groups excluding carboxylic acids is 2. The number of amides is 1. The van der Waals surface area contributed by atoms with Crippen LogP contribution in [-0.2, 0) is 14.3 Å². The van der Waals surface area contributed by atoms with Gasteiger partial charge in [0, 0.05) is 19.5 Å². The van der Waals surface area contributed by atoms with Crippen LogP contribution in [0.1, 0.15) is 26.2 Å². The van der Waals surface area contributed by atoms with Gasteiger partial charge in [-0.15, -0.1) is 0 Å². The van der Waals surface area contributed by atoms with Crippen LogP contribution < -0.4 is 0 Å². The largest absolute Gasteiger partial charge is 0.469 e. The molecule has 0 spiro atoms. The Morgan fingerprint density at radius 2 is 2.15 bits per heavy atom. The van der Waals surface area contributed by atoms with Gasteiger partial charge in [-0.3, -0.25) is 9.59 Å². The molecule has 13 heavy (non-hydrogen) atoms. The highest BCUT2D eigenvalue weighted by Crippen LogP contribution is 1.95. The van der Waals surface area contributed by atoms with E-state index in [4.69, 9.17) is 0 Å². The minimum Gasteiger partial charge on any atom is -0.469 e. The third-order valence-electron chi connectivity index (χ3n) is 1.66. The molecule has 0 aliphatic heterocycles. The van der Waals surface area contributed by atoms with E-state index >= 15 is 0 Å². The first kappa shape index (κ1) is 11.9. The molecule has 4 nitrogen and oxygen atoms in total. The summed E-state index contributed by atoms with van der Waals surface area (Å²) in [5.41, 5.74) is 0. The zero-order valence-electron chi connectivity index (χ0n) is 8.21. The standard InChI is InChI=1S/C9H16NO3/c1-3-6-10(8-11)7-4-5-9(12)13-2/h3-7H2,1-2H3. The molecule has 0 atom stereocenters. The maximum atomic E-state index is 10.7. The predicted molar refractivity (Wildman–Crippen MR) is 48.8 cm³/mol. The van der Waals surface area contributed by atoms with E-state index in [1.54, 1.807) is 4.90 Å². The molecule has 0 heterocycles. The van der Waals surface area contributed by atoms with Crippen LogP contribution >= 0.6 is 0 Å². The van der Waals surface area contributed by atoms with Gasteiger partial charge in [0.2, 0.25) is 0 Å². The van der Waals surface area contributed by atoms with Gasteiger partial charge in [-0.1, -0.05) is 6.92 Å². The van der Waals surface area contributed by atoms with Crippen LogP contribution in [0.25, 0.3) is 0 Å². The monoisotopic (exact) mass is 186 g/mol. The molecule has 0 unspecified atom stereocenters. The van der Waals surface area contributed by atoms with Gasteiger partial charge in [-0.05, 0) is 12.8 Å². The molecular formula is C9H16NO3. The molecule has 75 valence electrons. The van der Waals surface area contributed by atoms with Gasteiger partial charge in [0.05, 0.1) is 7.11 Å². The lowest BCUT2D eigenvalue weighted by atomic mass is 10.3. The Hall–Kier alpha value is -1.06. The van der Waals surface area contributed by atoms with Crippen molar-refractivity contribution in [3.8, 4) is 0 Å². The van der Waals surface area contributed by atoms with Crippen LogP contribution in [0.5, 0.6) is 0 Å². The smallest absolute Gasteiger partial charge is 0.312 e. The van der Waals surface area contributed by atoms with E-state index in [0.29, 0.717) is 25.9 Å². The second kappa shape index (κ2) is 7.58. The molecule has 0 saturated carbocycles. The van der Waals surface area contributed by atoms with Crippen molar-refractivity contribution in [1.29, 1.82) is 0 Å². The normalized spacial score (nSPS) is 9.38. The van der Waals surface area contributed by atoms with Crippen molar-refractivity contribution in [2.75, 3.05) is 20.2 Å². The van der Waals surface area contributed by atoms with Crippen LogP contribution in [0, 0.1) is 0 Å². The number of hydrogen-bond donors (Lipinski definition) is 0. The first-order chi connectivity index (χ1) is 6.24. The molecule has 0 aromatic rings. The summed E-state index contributed by atoms with van der Waals surface area (Å²) in [5.74, 6) is -0.234. The highest BCUT2D eigenvalue weighted by atomic mass is 16.5. The second-order valence-electron chi connectivity index (χ2n) is 2.76. The van der Waals surface area contributed by atoms with Crippen molar-refractivity contribution in [1.82, 2.24) is 4.90 Å². The fourth-order valence-corrected chi connectivity index (χ4v) is 0.989. The molecular weight excluding hydrogens is 170 g/mol. The molecule has 0 rings (SSSR count). The van der Waals surface area contributed by atoms with Crippen LogP contribution in [0.15, 0.2) is 0 Å². The van der Waals surface area contributed by atoms with E-state index in [9.17, 15) is 9.59 Å². The number of nitrogens with zero attached hydrogens (tertiary/aromatic N) is 1. The van der Waals surface area contributed by atoms with Gasteiger partial charge in [-0.2, -0.15) is 0 Å². The van der Waals surface area contributed by atoms with E-state index in [2.05, 4.69) is 4.74 Å². The number of hydrogen-bond acceptors (Lipinski definition) is 3. The molecule has 4 heteroatoms. The molecule has 0 bridgehead atoms. The van der Waals surface area contributed by atoms with Gasteiger partial charge in [0.1, 0.15) is 0 Å². The molecule has 0 aliphatic rings. The molecule has 1 amide bonds. The van der Waals surface area contributed by atoms with Crippen LogP contribution in [0.3, 0.4) is 0 Å². The maximum Gasteiger partial charge on any atom is 0.312 e. The first-order valence-corrected chi connectivity index (χ1v) is 4.44. The van der Waals surface area contributed by atoms with Crippen LogP contribution in [-0.4, -0.2) is 37.5 Å². The van der Waals surface area contributed by atoms with E-state index in [1.165, 1.54) is 7.11 Å². The molecule has 0 saturated heterocycles. The zero-order valence-corrected chi connectivity index (χ0v) is 8.21. The fraction of sp³-hybridized carbons (Fsp3) is 0.778. The summed E-state index contributed by atoms with van der Waals surface area (Å²) >= 11 is 0. The highest BCUT2D eigenvalue weighted by Gasteiger charge is 2.03. The molecule has 0 N–H and O–H groups in total. The van der Waals surface area contributed by atoms with Gasteiger partial charge in [0.25, 0.3) is 0 Å². The van der Waals surface area contributed by atoms with Crippen molar-refractivity contribution in [2.45, 2.75) is 26.2 Å². The Bertz CT molecular complexity index is 159. The second-order valence-corrected chi connectivity index (χ2v) is 2.76. The van der Waals surface area contributed by atoms with Gasteiger partial charge >= 0.3 is 12.4 Å². The number of carbonyl (C=O) groups is 1. The summed E-state index contributed by atoms with van der Waals surface area (Å²) < 4.78 is 4.47. The molecule has 0 aromatic carbocycles. The number of rotatable bonds is 7. The highest BCUT2D eigenvalue weighted by molar-refractivity contribution is 5.69. The minimum absolute atomic E-state index is 0.234. The summed E-state index contributed by atoms with van der Waals surface area (Å²) in [6, 6.07) is 0. The fourth-order valence-electron chi connectivity index (χ4n) is 0.989. The van der Waals surface area contributed by atoms with E-state index < -0.39 is 0 Å². The van der Waals surface area contributed by atoms with E-state index in [0.717, 1.165) is 6.42 Å². The summed E-state index contributed by atoms with van der Waals surface area (Å²) in [6.45, 7) is 3.27. The van der Waals surface area contributed by atoms with Gasteiger partial charge < -0.3 is 9.64 Å². The van der Waals surface area contributed by atoms with Crippen molar-refractivity contribution in [2.24, 2.45) is 0 Å². The van der Waals surface area contributed by atoms with Crippen molar-refractivity contribution in [3.63, 3.8) is 0 Å². The molecule has 1 radical (unpaired) electrons. The summed E-state index contributed by atoms with van der Waals surface area (Å²) in [5, 5.41) is 0. The first-order valence-electron chi connectivity index (χ1n) is 4.44.